The molecule has 1 saturated heterocycles. The van der Waals surface area contributed by atoms with E-state index < -0.39 is 0 Å². The Balaban J connectivity index is 2.04. The highest BCUT2D eigenvalue weighted by atomic mass is 79.9. The molecule has 18 heavy (non-hydrogen) atoms. The predicted octanol–water partition coefficient (Wildman–Crippen LogP) is 2.14. The zero-order chi connectivity index (χ0) is 13.0. The minimum Gasteiger partial charge on any atom is -0.381 e. The average molecular weight is 315 g/mol. The summed E-state index contributed by atoms with van der Waals surface area (Å²) in [5.74, 6) is 2.14. The van der Waals surface area contributed by atoms with Crippen LogP contribution in [0.2, 0.25) is 0 Å². The molecule has 100 valence electrons. The van der Waals surface area contributed by atoms with Gasteiger partial charge in [0.25, 0.3) is 0 Å². The average Bonchev–Trinajstić information content (AvgIpc) is 2.40. The van der Waals surface area contributed by atoms with E-state index in [0.29, 0.717) is 11.9 Å². The van der Waals surface area contributed by atoms with Crippen molar-refractivity contribution in [3.63, 3.8) is 0 Å². The highest BCUT2D eigenvalue weighted by Gasteiger charge is 2.18. The van der Waals surface area contributed by atoms with Crippen LogP contribution in [0, 0.1) is 5.92 Å². The van der Waals surface area contributed by atoms with Crippen molar-refractivity contribution in [2.24, 2.45) is 5.92 Å². The van der Waals surface area contributed by atoms with Gasteiger partial charge in [-0.15, -0.1) is 0 Å². The molecule has 0 aliphatic carbocycles. The topological polar surface area (TPSA) is 50.3 Å². The van der Waals surface area contributed by atoms with Crippen molar-refractivity contribution in [1.82, 2.24) is 9.97 Å². The maximum Gasteiger partial charge on any atom is 0.224 e. The van der Waals surface area contributed by atoms with Crippen molar-refractivity contribution in [3.8, 4) is 0 Å². The second kappa shape index (κ2) is 6.33. The third-order valence-electron chi connectivity index (χ3n) is 3.10. The first-order valence-corrected chi connectivity index (χ1v) is 6.99. The summed E-state index contributed by atoms with van der Waals surface area (Å²) in [6, 6.07) is 0. The van der Waals surface area contributed by atoms with Crippen LogP contribution in [-0.4, -0.2) is 43.8 Å². The Hall–Kier alpha value is -0.880. The lowest BCUT2D eigenvalue weighted by molar-refractivity contribution is 0.0576. The molecule has 5 nitrogen and oxygen atoms in total. The zero-order valence-corrected chi connectivity index (χ0v) is 12.4. The van der Waals surface area contributed by atoms with Gasteiger partial charge >= 0.3 is 0 Å². The molecule has 1 aliphatic heterocycles. The number of rotatable bonds is 4. The molecule has 0 aromatic carbocycles. The van der Waals surface area contributed by atoms with Crippen molar-refractivity contribution in [2.75, 3.05) is 44.1 Å². The van der Waals surface area contributed by atoms with Gasteiger partial charge < -0.3 is 15.0 Å². The molecule has 1 aromatic rings. The highest BCUT2D eigenvalue weighted by molar-refractivity contribution is 9.10. The quantitative estimate of drug-likeness (QED) is 0.922. The molecule has 0 amide bonds. The molecule has 1 aromatic heterocycles. The van der Waals surface area contributed by atoms with Gasteiger partial charge in [-0.25, -0.2) is 4.98 Å². The maximum atomic E-state index is 5.51. The molecule has 1 aliphatic rings. The fourth-order valence-electron chi connectivity index (χ4n) is 2.17. The van der Waals surface area contributed by atoms with E-state index in [1.54, 1.807) is 6.20 Å². The van der Waals surface area contributed by atoms with Crippen LogP contribution in [0.15, 0.2) is 10.7 Å². The maximum absolute atomic E-state index is 5.51. The fourth-order valence-corrected chi connectivity index (χ4v) is 2.67. The van der Waals surface area contributed by atoms with E-state index in [4.69, 9.17) is 4.74 Å². The van der Waals surface area contributed by atoms with Crippen molar-refractivity contribution in [2.45, 2.75) is 12.8 Å². The van der Waals surface area contributed by atoms with E-state index >= 15 is 0 Å². The number of nitrogens with zero attached hydrogens (tertiary/aromatic N) is 3. The third-order valence-corrected chi connectivity index (χ3v) is 3.66. The Bertz CT molecular complexity index is 396. The van der Waals surface area contributed by atoms with Gasteiger partial charge in [0.05, 0.1) is 11.1 Å². The summed E-state index contributed by atoms with van der Waals surface area (Å²) in [6.45, 7) is 2.71. The number of hydrogen-bond acceptors (Lipinski definition) is 5. The molecular formula is C12H19BrN4O. The van der Waals surface area contributed by atoms with Gasteiger partial charge in [0.15, 0.2) is 0 Å². The summed E-state index contributed by atoms with van der Waals surface area (Å²) >= 11 is 3.50. The monoisotopic (exact) mass is 314 g/mol. The minimum absolute atomic E-state index is 0.587. The Kier molecular flexibility index (Phi) is 4.77. The van der Waals surface area contributed by atoms with E-state index in [-0.39, 0.29) is 0 Å². The minimum atomic E-state index is 0.587. The number of aromatic nitrogens is 2. The van der Waals surface area contributed by atoms with E-state index in [2.05, 4.69) is 43.2 Å². The molecule has 1 N–H and O–H groups in total. The lowest BCUT2D eigenvalue weighted by Gasteiger charge is -2.28. The summed E-state index contributed by atoms with van der Waals surface area (Å²) < 4.78 is 6.43. The largest absolute Gasteiger partial charge is 0.381 e. The summed E-state index contributed by atoms with van der Waals surface area (Å²) in [6.07, 6.45) is 4.17. The van der Waals surface area contributed by atoms with Crippen LogP contribution in [0.1, 0.15) is 12.8 Å². The van der Waals surface area contributed by atoms with Gasteiger partial charge in [-0.2, -0.15) is 4.98 Å². The number of nitrogens with one attached hydrogen (secondary N) is 1. The lowest BCUT2D eigenvalue weighted by atomic mass is 10.0. The molecule has 6 heteroatoms. The van der Waals surface area contributed by atoms with Crippen molar-refractivity contribution in [1.29, 1.82) is 0 Å². The number of halogens is 1. The van der Waals surface area contributed by atoms with Crippen LogP contribution in [0.5, 0.6) is 0 Å². The van der Waals surface area contributed by atoms with Crippen LogP contribution in [-0.2, 0) is 4.74 Å². The van der Waals surface area contributed by atoms with E-state index in [9.17, 15) is 0 Å². The molecule has 2 heterocycles. The number of ether oxygens (including phenoxy) is 1. The standard InChI is InChI=1S/C12H19BrN4O/c1-14-12-15-6-10(13)11(16-12)17(2)7-9-4-3-5-18-8-9/h6,9H,3-5,7-8H2,1-2H3,(H,14,15,16). The molecule has 1 unspecified atom stereocenters. The summed E-state index contributed by atoms with van der Waals surface area (Å²) in [5, 5.41) is 2.96. The molecule has 0 bridgehead atoms. The lowest BCUT2D eigenvalue weighted by Crippen LogP contribution is -2.31. The zero-order valence-electron chi connectivity index (χ0n) is 10.8. The van der Waals surface area contributed by atoms with Gasteiger partial charge in [-0.3, -0.25) is 0 Å². The van der Waals surface area contributed by atoms with Gasteiger partial charge in [0, 0.05) is 33.4 Å². The van der Waals surface area contributed by atoms with Gasteiger partial charge in [0.1, 0.15) is 5.82 Å². The first-order valence-electron chi connectivity index (χ1n) is 6.20. The van der Waals surface area contributed by atoms with Crippen molar-refractivity contribution >= 4 is 27.7 Å². The van der Waals surface area contributed by atoms with Gasteiger partial charge in [-0.1, -0.05) is 0 Å². The SMILES string of the molecule is CNc1ncc(Br)c(N(C)CC2CCCOC2)n1. The predicted molar refractivity (Wildman–Crippen MR) is 76.1 cm³/mol. The molecule has 0 saturated carbocycles. The second-order valence-electron chi connectivity index (χ2n) is 4.58. The smallest absolute Gasteiger partial charge is 0.224 e. The second-order valence-corrected chi connectivity index (χ2v) is 5.43. The molecule has 0 spiro atoms. The highest BCUT2D eigenvalue weighted by Crippen LogP contribution is 2.25. The van der Waals surface area contributed by atoms with Gasteiger partial charge in [0.2, 0.25) is 5.95 Å². The fraction of sp³-hybridized carbons (Fsp3) is 0.667. The Labute approximate surface area is 116 Å². The van der Waals surface area contributed by atoms with E-state index in [0.717, 1.165) is 36.5 Å². The molecule has 1 atom stereocenters. The Morgan fingerprint density at radius 1 is 1.61 bits per heavy atom. The molecule has 0 radical (unpaired) electrons. The summed E-state index contributed by atoms with van der Waals surface area (Å²) in [5.41, 5.74) is 0. The van der Waals surface area contributed by atoms with Crippen molar-refractivity contribution in [3.05, 3.63) is 10.7 Å². The van der Waals surface area contributed by atoms with Crippen LogP contribution in [0.25, 0.3) is 0 Å². The van der Waals surface area contributed by atoms with Crippen LogP contribution in [0.3, 0.4) is 0 Å². The van der Waals surface area contributed by atoms with Gasteiger partial charge in [-0.05, 0) is 34.7 Å². The molecule has 1 fully saturated rings. The molecule has 2 rings (SSSR count). The molecular weight excluding hydrogens is 296 g/mol. The normalized spacial score (nSPS) is 19.6. The van der Waals surface area contributed by atoms with Crippen molar-refractivity contribution < 1.29 is 4.74 Å². The van der Waals surface area contributed by atoms with Crippen LogP contribution < -0.4 is 10.2 Å². The van der Waals surface area contributed by atoms with Crippen LogP contribution >= 0.6 is 15.9 Å². The number of anilines is 2. The van der Waals surface area contributed by atoms with E-state index in [1.807, 2.05) is 7.05 Å². The summed E-state index contributed by atoms with van der Waals surface area (Å²) in [4.78, 5) is 10.8. The Morgan fingerprint density at radius 2 is 2.44 bits per heavy atom. The third kappa shape index (κ3) is 3.32. The first-order chi connectivity index (χ1) is 8.70. The van der Waals surface area contributed by atoms with Crippen LogP contribution in [0.4, 0.5) is 11.8 Å². The Morgan fingerprint density at radius 3 is 3.11 bits per heavy atom. The van der Waals surface area contributed by atoms with E-state index in [1.165, 1.54) is 6.42 Å². The number of hydrogen-bond donors (Lipinski definition) is 1. The first kappa shape index (κ1) is 13.5. The summed E-state index contributed by atoms with van der Waals surface area (Å²) in [7, 11) is 3.88.